The van der Waals surface area contributed by atoms with Crippen LogP contribution in [0.4, 0.5) is 0 Å². The zero-order valence-electron chi connectivity index (χ0n) is 24.3. The Morgan fingerprint density at radius 3 is 1.97 bits per heavy atom. The third kappa shape index (κ3) is 15.6. The van der Waals surface area contributed by atoms with E-state index in [2.05, 4.69) is 18.4 Å². The molecule has 8 heteroatoms. The van der Waals surface area contributed by atoms with Crippen molar-refractivity contribution in [2.24, 2.45) is 0 Å². The number of hydrogen-bond donors (Lipinski definition) is 0. The monoisotopic (exact) mass is 692 g/mol. The first-order valence-corrected chi connectivity index (χ1v) is 16.9. The summed E-state index contributed by atoms with van der Waals surface area (Å²) in [6.07, 6.45) is 22.0. The SMILES string of the molecule is CCCCCCCCCCCCCCOc1ccc(CN(Cc2ccc[n+](CCC)c2)S(C)(=O)=O)cc1Cl.[I-]. The highest BCUT2D eigenvalue weighted by Crippen LogP contribution is 2.27. The zero-order chi connectivity index (χ0) is 27.6. The van der Waals surface area contributed by atoms with Crippen LogP contribution in [0.1, 0.15) is 108 Å². The Morgan fingerprint density at radius 1 is 0.821 bits per heavy atom. The summed E-state index contributed by atoms with van der Waals surface area (Å²) in [5.41, 5.74) is 1.80. The molecule has 0 N–H and O–H groups in total. The molecular weight excluding hydrogens is 643 g/mol. The van der Waals surface area contributed by atoms with Crippen molar-refractivity contribution < 1.29 is 41.7 Å². The number of nitrogens with zero attached hydrogens (tertiary/aromatic N) is 2. The number of sulfonamides is 1. The molecule has 0 amide bonds. The lowest BCUT2D eigenvalue weighted by atomic mass is 10.1. The number of ether oxygens (including phenoxy) is 1. The molecule has 0 aliphatic heterocycles. The largest absolute Gasteiger partial charge is 1.00 e. The van der Waals surface area contributed by atoms with E-state index in [4.69, 9.17) is 16.3 Å². The van der Waals surface area contributed by atoms with Gasteiger partial charge in [-0.1, -0.05) is 102 Å². The summed E-state index contributed by atoms with van der Waals surface area (Å²) in [6.45, 7) is 6.53. The highest BCUT2D eigenvalue weighted by molar-refractivity contribution is 7.88. The average Bonchev–Trinajstić information content (AvgIpc) is 2.87. The molecule has 0 aliphatic rings. The van der Waals surface area contributed by atoms with Gasteiger partial charge in [-0.15, -0.1) is 0 Å². The van der Waals surface area contributed by atoms with Crippen molar-refractivity contribution in [1.82, 2.24) is 4.31 Å². The quantitative estimate of drug-likeness (QED) is 0.104. The van der Waals surface area contributed by atoms with E-state index in [1.54, 1.807) is 0 Å². The fourth-order valence-corrected chi connectivity index (χ4v) is 5.67. The lowest BCUT2D eigenvalue weighted by Gasteiger charge is -2.20. The van der Waals surface area contributed by atoms with Crippen molar-refractivity contribution in [1.29, 1.82) is 0 Å². The summed E-state index contributed by atoms with van der Waals surface area (Å²) in [5.74, 6) is 0.660. The molecule has 0 radical (unpaired) electrons. The highest BCUT2D eigenvalue weighted by Gasteiger charge is 2.19. The third-order valence-electron chi connectivity index (χ3n) is 6.84. The minimum Gasteiger partial charge on any atom is -1.00 e. The van der Waals surface area contributed by atoms with Crippen molar-refractivity contribution in [2.75, 3.05) is 12.9 Å². The lowest BCUT2D eigenvalue weighted by Crippen LogP contribution is -3.00. The van der Waals surface area contributed by atoms with Crippen molar-refractivity contribution in [2.45, 2.75) is 117 Å². The zero-order valence-corrected chi connectivity index (χ0v) is 28.1. The molecule has 39 heavy (non-hydrogen) atoms. The number of aromatic nitrogens is 1. The second-order valence-electron chi connectivity index (χ2n) is 10.5. The molecule has 1 aromatic heterocycles. The first-order valence-electron chi connectivity index (χ1n) is 14.7. The minimum atomic E-state index is -3.40. The molecular formula is C31H50ClIN2O3S. The van der Waals surface area contributed by atoms with Gasteiger partial charge in [0.15, 0.2) is 12.4 Å². The normalized spacial score (nSPS) is 11.5. The van der Waals surface area contributed by atoms with Gasteiger partial charge in [-0.25, -0.2) is 13.0 Å². The summed E-state index contributed by atoms with van der Waals surface area (Å²) >= 11 is 6.50. The van der Waals surface area contributed by atoms with Crippen molar-refractivity contribution in [3.63, 3.8) is 0 Å². The van der Waals surface area contributed by atoms with Crippen molar-refractivity contribution >= 4 is 21.6 Å². The van der Waals surface area contributed by atoms with Crippen LogP contribution in [0.2, 0.25) is 5.02 Å². The molecule has 0 unspecified atom stereocenters. The molecule has 5 nitrogen and oxygen atoms in total. The fraction of sp³-hybridized carbons (Fsp3) is 0.645. The van der Waals surface area contributed by atoms with E-state index in [1.807, 2.05) is 42.7 Å². The van der Waals surface area contributed by atoms with Crippen molar-refractivity contribution in [3.8, 4) is 5.75 Å². The Morgan fingerprint density at radius 2 is 1.41 bits per heavy atom. The van der Waals surface area contributed by atoms with Crippen LogP contribution >= 0.6 is 11.6 Å². The van der Waals surface area contributed by atoms with Crippen LogP contribution in [-0.4, -0.2) is 25.6 Å². The number of pyridine rings is 1. The van der Waals surface area contributed by atoms with Crippen LogP contribution < -0.4 is 33.3 Å². The van der Waals surface area contributed by atoms with Gasteiger partial charge in [0.2, 0.25) is 10.0 Å². The van der Waals surface area contributed by atoms with Crippen LogP contribution in [0.5, 0.6) is 5.75 Å². The maximum Gasteiger partial charge on any atom is 0.211 e. The van der Waals surface area contributed by atoms with Gasteiger partial charge in [-0.05, 0) is 30.2 Å². The fourth-order valence-electron chi connectivity index (χ4n) is 4.65. The average molecular weight is 693 g/mol. The van der Waals surface area contributed by atoms with Gasteiger partial charge in [0, 0.05) is 31.1 Å². The molecule has 2 aromatic rings. The Labute approximate surface area is 260 Å². The number of hydrogen-bond acceptors (Lipinski definition) is 3. The van der Waals surface area contributed by atoms with Crippen LogP contribution in [0.25, 0.3) is 0 Å². The summed E-state index contributed by atoms with van der Waals surface area (Å²) in [6, 6.07) is 9.51. The molecule has 0 spiro atoms. The topological polar surface area (TPSA) is 50.5 Å². The molecule has 0 saturated heterocycles. The Balaban J connectivity index is 0.00000760. The van der Waals surface area contributed by atoms with E-state index in [9.17, 15) is 8.42 Å². The summed E-state index contributed by atoms with van der Waals surface area (Å²) < 4.78 is 34.5. The van der Waals surface area contributed by atoms with E-state index >= 15 is 0 Å². The second-order valence-corrected chi connectivity index (χ2v) is 12.9. The molecule has 0 aliphatic carbocycles. The number of unbranched alkanes of at least 4 members (excludes halogenated alkanes) is 11. The third-order valence-corrected chi connectivity index (χ3v) is 8.33. The van der Waals surface area contributed by atoms with Crippen molar-refractivity contribution in [3.05, 3.63) is 58.9 Å². The molecule has 2 rings (SSSR count). The molecule has 222 valence electrons. The van der Waals surface area contributed by atoms with Gasteiger partial charge in [-0.2, -0.15) is 4.31 Å². The van der Waals surface area contributed by atoms with Crippen LogP contribution in [-0.2, 0) is 29.7 Å². The van der Waals surface area contributed by atoms with E-state index in [1.165, 1.54) is 81.2 Å². The number of rotatable bonds is 21. The van der Waals surface area contributed by atoms with Gasteiger partial charge in [0.1, 0.15) is 12.3 Å². The Kier molecular flexibility index (Phi) is 19.4. The molecule has 0 bridgehead atoms. The van der Waals surface area contributed by atoms with Crippen LogP contribution in [0.15, 0.2) is 42.7 Å². The predicted octanol–water partition coefficient (Wildman–Crippen LogP) is 5.08. The van der Waals surface area contributed by atoms with Gasteiger partial charge in [0.25, 0.3) is 0 Å². The lowest BCUT2D eigenvalue weighted by molar-refractivity contribution is -0.697. The summed E-state index contributed by atoms with van der Waals surface area (Å²) in [7, 11) is -3.40. The maximum atomic E-state index is 12.5. The predicted molar refractivity (Wildman–Crippen MR) is 159 cm³/mol. The Hall–Kier alpha value is -0.900. The first-order chi connectivity index (χ1) is 18.3. The summed E-state index contributed by atoms with van der Waals surface area (Å²) in [4.78, 5) is 0. The number of aryl methyl sites for hydroxylation is 1. The molecule has 0 atom stereocenters. The Bertz CT molecular complexity index is 1040. The van der Waals surface area contributed by atoms with Crippen LogP contribution in [0, 0.1) is 0 Å². The van der Waals surface area contributed by atoms with E-state index in [-0.39, 0.29) is 30.5 Å². The molecule has 0 saturated carbocycles. The molecule has 1 aromatic carbocycles. The van der Waals surface area contributed by atoms with E-state index in [0.29, 0.717) is 23.9 Å². The maximum absolute atomic E-state index is 12.5. The molecule has 1 heterocycles. The van der Waals surface area contributed by atoms with E-state index in [0.717, 1.165) is 30.5 Å². The van der Waals surface area contributed by atoms with Gasteiger partial charge < -0.3 is 28.7 Å². The number of halogens is 2. The number of benzene rings is 1. The van der Waals surface area contributed by atoms with E-state index < -0.39 is 10.0 Å². The standard InChI is InChI=1S/C31H50ClN2O3S.HI/c1-4-6-7-8-9-10-11-12-13-14-15-16-23-37-31-20-19-28(24-30(31)32)26-34(38(3,35)36)27-29-18-17-22-33(25-29)21-5-2;/h17-20,22,24-25H,4-16,21,23,26-27H2,1-3H3;1H/q+1;/p-1. The molecule has 0 fully saturated rings. The smallest absolute Gasteiger partial charge is 0.211 e. The second kappa shape index (κ2) is 20.9. The van der Waals surface area contributed by atoms with Gasteiger partial charge >= 0.3 is 0 Å². The summed E-state index contributed by atoms with van der Waals surface area (Å²) in [5, 5.41) is 0.524. The van der Waals surface area contributed by atoms with Crippen LogP contribution in [0.3, 0.4) is 0 Å². The highest BCUT2D eigenvalue weighted by atomic mass is 127. The van der Waals surface area contributed by atoms with Gasteiger partial charge in [-0.3, -0.25) is 0 Å². The minimum absolute atomic E-state index is 0. The first kappa shape index (κ1) is 36.1. The van der Waals surface area contributed by atoms with Gasteiger partial charge in [0.05, 0.1) is 17.9 Å².